The first-order chi connectivity index (χ1) is 12.5. The van der Waals surface area contributed by atoms with E-state index in [9.17, 15) is 4.79 Å². The highest BCUT2D eigenvalue weighted by atomic mass is 16.5. The Hall–Kier alpha value is -2.82. The molecule has 0 bridgehead atoms. The van der Waals surface area contributed by atoms with Gasteiger partial charge in [-0.05, 0) is 43.5 Å². The summed E-state index contributed by atoms with van der Waals surface area (Å²) in [5.74, 6) is 1.23. The molecule has 1 amide bonds. The van der Waals surface area contributed by atoms with Crippen molar-refractivity contribution in [3.05, 3.63) is 58.7 Å². The van der Waals surface area contributed by atoms with Crippen molar-refractivity contribution in [1.29, 1.82) is 0 Å². The minimum atomic E-state index is -0.143. The number of carbonyl (C=O) groups excluding carboxylic acids is 1. The molecule has 0 aliphatic heterocycles. The van der Waals surface area contributed by atoms with Crippen LogP contribution in [0.1, 0.15) is 35.6 Å². The van der Waals surface area contributed by atoms with Gasteiger partial charge in [-0.1, -0.05) is 30.7 Å². The number of hydrogen-bond acceptors (Lipinski definition) is 4. The Morgan fingerprint density at radius 1 is 1.08 bits per heavy atom. The van der Waals surface area contributed by atoms with Gasteiger partial charge in [-0.25, -0.2) is 5.43 Å². The van der Waals surface area contributed by atoms with E-state index in [1.807, 2.05) is 45.0 Å². The maximum atomic E-state index is 12.3. The van der Waals surface area contributed by atoms with Gasteiger partial charge in [-0.2, -0.15) is 5.10 Å². The fourth-order valence-corrected chi connectivity index (χ4v) is 2.75. The van der Waals surface area contributed by atoms with Gasteiger partial charge in [0, 0.05) is 11.6 Å². The molecule has 0 aliphatic rings. The number of hydrogen-bond donors (Lipinski definition) is 1. The average molecular weight is 354 g/mol. The summed E-state index contributed by atoms with van der Waals surface area (Å²) in [5.41, 5.74) is 7.54. The van der Waals surface area contributed by atoms with E-state index in [0.29, 0.717) is 24.3 Å². The number of benzene rings is 2. The third-order valence-corrected chi connectivity index (χ3v) is 4.22. The Morgan fingerprint density at radius 3 is 2.46 bits per heavy atom. The lowest BCUT2D eigenvalue weighted by atomic mass is 10.0. The minimum absolute atomic E-state index is 0.143. The lowest BCUT2D eigenvalue weighted by Crippen LogP contribution is -2.22. The first-order valence-electron chi connectivity index (χ1n) is 8.62. The number of nitrogens with one attached hydrogen (secondary N) is 1. The third kappa shape index (κ3) is 4.85. The number of amides is 1. The number of aryl methyl sites for hydroxylation is 2. The summed E-state index contributed by atoms with van der Waals surface area (Å²) < 4.78 is 10.6. The first kappa shape index (κ1) is 19.5. The summed E-state index contributed by atoms with van der Waals surface area (Å²) in [4.78, 5) is 12.3. The van der Waals surface area contributed by atoms with Crippen molar-refractivity contribution >= 4 is 11.6 Å². The Bertz CT molecular complexity index is 813. The number of rotatable bonds is 7. The van der Waals surface area contributed by atoms with Crippen LogP contribution >= 0.6 is 0 Å². The molecule has 1 N–H and O–H groups in total. The van der Waals surface area contributed by atoms with E-state index in [1.165, 1.54) is 5.56 Å². The SMILES string of the molecule is CC/C(=N/NC(=O)Cc1ccc(C)cc1C)c1ccc(OC)cc1OC. The highest BCUT2D eigenvalue weighted by Crippen LogP contribution is 2.25. The maximum Gasteiger partial charge on any atom is 0.244 e. The Kier molecular flexibility index (Phi) is 6.78. The Morgan fingerprint density at radius 2 is 1.85 bits per heavy atom. The number of carbonyl (C=O) groups is 1. The summed E-state index contributed by atoms with van der Waals surface area (Å²) in [5, 5.41) is 4.32. The fraction of sp³-hybridized carbons (Fsp3) is 0.333. The molecule has 0 aliphatic carbocycles. The number of methoxy groups -OCH3 is 2. The molecule has 138 valence electrons. The minimum Gasteiger partial charge on any atom is -0.497 e. The van der Waals surface area contributed by atoms with Crippen molar-refractivity contribution in [1.82, 2.24) is 5.43 Å². The van der Waals surface area contributed by atoms with Gasteiger partial charge < -0.3 is 9.47 Å². The zero-order valence-corrected chi connectivity index (χ0v) is 16.1. The molecular formula is C21H26N2O3. The predicted molar refractivity (Wildman–Crippen MR) is 104 cm³/mol. The molecule has 26 heavy (non-hydrogen) atoms. The zero-order chi connectivity index (χ0) is 19.1. The van der Waals surface area contributed by atoms with Crippen LogP contribution in [-0.2, 0) is 11.2 Å². The second kappa shape index (κ2) is 9.04. The van der Waals surface area contributed by atoms with Gasteiger partial charge >= 0.3 is 0 Å². The average Bonchev–Trinajstić information content (AvgIpc) is 2.64. The van der Waals surface area contributed by atoms with E-state index in [4.69, 9.17) is 9.47 Å². The molecule has 2 aromatic carbocycles. The maximum absolute atomic E-state index is 12.3. The zero-order valence-electron chi connectivity index (χ0n) is 16.1. The smallest absolute Gasteiger partial charge is 0.244 e. The predicted octanol–water partition coefficient (Wildman–Crippen LogP) is 3.79. The summed E-state index contributed by atoms with van der Waals surface area (Å²) >= 11 is 0. The van der Waals surface area contributed by atoms with Gasteiger partial charge in [0.1, 0.15) is 11.5 Å². The van der Waals surface area contributed by atoms with Crippen LogP contribution in [0.15, 0.2) is 41.5 Å². The van der Waals surface area contributed by atoms with Crippen LogP contribution in [0, 0.1) is 13.8 Å². The monoisotopic (exact) mass is 354 g/mol. The number of ether oxygens (including phenoxy) is 2. The summed E-state index contributed by atoms with van der Waals surface area (Å²) in [6.45, 7) is 6.04. The molecule has 0 atom stereocenters. The highest BCUT2D eigenvalue weighted by molar-refractivity contribution is 6.03. The second-order valence-corrected chi connectivity index (χ2v) is 6.12. The van der Waals surface area contributed by atoms with E-state index >= 15 is 0 Å². The van der Waals surface area contributed by atoms with Crippen LogP contribution in [0.25, 0.3) is 0 Å². The van der Waals surface area contributed by atoms with Gasteiger partial charge in [0.25, 0.3) is 0 Å². The van der Waals surface area contributed by atoms with Gasteiger partial charge in [-0.3, -0.25) is 4.79 Å². The highest BCUT2D eigenvalue weighted by Gasteiger charge is 2.12. The summed E-state index contributed by atoms with van der Waals surface area (Å²) in [6, 6.07) is 11.6. The topological polar surface area (TPSA) is 59.9 Å². The van der Waals surface area contributed by atoms with Crippen LogP contribution in [0.5, 0.6) is 11.5 Å². The Labute approximate surface area is 155 Å². The van der Waals surface area contributed by atoms with Crippen LogP contribution in [-0.4, -0.2) is 25.8 Å². The van der Waals surface area contributed by atoms with E-state index < -0.39 is 0 Å². The van der Waals surface area contributed by atoms with Crippen LogP contribution < -0.4 is 14.9 Å². The quantitative estimate of drug-likeness (QED) is 0.608. The van der Waals surface area contributed by atoms with Crippen LogP contribution in [0.2, 0.25) is 0 Å². The van der Waals surface area contributed by atoms with Crippen molar-refractivity contribution in [3.63, 3.8) is 0 Å². The standard InChI is InChI=1S/C21H26N2O3/c1-6-19(18-10-9-17(25-4)13-20(18)26-5)22-23-21(24)12-16-8-7-14(2)11-15(16)3/h7-11,13H,6,12H2,1-5H3,(H,23,24)/b22-19-. The summed E-state index contributed by atoms with van der Waals surface area (Å²) in [6.07, 6.45) is 0.957. The molecule has 0 unspecified atom stereocenters. The van der Waals surface area contributed by atoms with Gasteiger partial charge in [0.15, 0.2) is 0 Å². The number of hydrazone groups is 1. The van der Waals surface area contributed by atoms with E-state index in [1.54, 1.807) is 20.3 Å². The molecular weight excluding hydrogens is 328 g/mol. The first-order valence-corrected chi connectivity index (χ1v) is 8.62. The lowest BCUT2D eigenvalue weighted by molar-refractivity contribution is -0.120. The van der Waals surface area contributed by atoms with Crippen molar-refractivity contribution in [2.75, 3.05) is 14.2 Å². The molecule has 5 heteroatoms. The van der Waals surface area contributed by atoms with Crippen molar-refractivity contribution < 1.29 is 14.3 Å². The lowest BCUT2D eigenvalue weighted by Gasteiger charge is -2.12. The molecule has 0 saturated carbocycles. The normalized spacial score (nSPS) is 11.2. The van der Waals surface area contributed by atoms with E-state index in [0.717, 1.165) is 22.4 Å². The molecule has 0 aromatic heterocycles. The molecule has 5 nitrogen and oxygen atoms in total. The molecule has 2 aromatic rings. The fourth-order valence-electron chi connectivity index (χ4n) is 2.75. The van der Waals surface area contributed by atoms with E-state index in [-0.39, 0.29) is 5.91 Å². The van der Waals surface area contributed by atoms with Crippen LogP contribution in [0.4, 0.5) is 0 Å². The number of nitrogens with zero attached hydrogens (tertiary/aromatic N) is 1. The van der Waals surface area contributed by atoms with Gasteiger partial charge in [0.05, 0.1) is 26.4 Å². The molecule has 0 radical (unpaired) electrons. The molecule has 0 fully saturated rings. The van der Waals surface area contributed by atoms with Crippen molar-refractivity contribution in [2.24, 2.45) is 5.10 Å². The second-order valence-electron chi connectivity index (χ2n) is 6.12. The van der Waals surface area contributed by atoms with Gasteiger partial charge in [0.2, 0.25) is 5.91 Å². The summed E-state index contributed by atoms with van der Waals surface area (Å²) in [7, 11) is 3.21. The molecule has 0 heterocycles. The van der Waals surface area contributed by atoms with Crippen LogP contribution in [0.3, 0.4) is 0 Å². The third-order valence-electron chi connectivity index (χ3n) is 4.22. The molecule has 0 spiro atoms. The molecule has 2 rings (SSSR count). The Balaban J connectivity index is 2.15. The van der Waals surface area contributed by atoms with Crippen molar-refractivity contribution in [3.8, 4) is 11.5 Å². The van der Waals surface area contributed by atoms with Gasteiger partial charge in [-0.15, -0.1) is 0 Å². The largest absolute Gasteiger partial charge is 0.497 e. The van der Waals surface area contributed by atoms with E-state index in [2.05, 4.69) is 16.6 Å². The molecule has 0 saturated heterocycles. The van der Waals surface area contributed by atoms with Crippen molar-refractivity contribution in [2.45, 2.75) is 33.6 Å².